The molecular weight excluding hydrogens is 452 g/mol. The van der Waals surface area contributed by atoms with Crippen LogP contribution in [0.15, 0.2) is 47.4 Å². The van der Waals surface area contributed by atoms with E-state index in [4.69, 9.17) is 0 Å². The summed E-state index contributed by atoms with van der Waals surface area (Å²) < 4.78 is 69.3. The summed E-state index contributed by atoms with van der Waals surface area (Å²) in [5.41, 5.74) is 0.345. The normalized spacial score (nSPS) is 25.0. The van der Waals surface area contributed by atoms with Gasteiger partial charge in [-0.3, -0.25) is 4.31 Å². The first-order valence-electron chi connectivity index (χ1n) is 11.6. The molecule has 1 saturated carbocycles. The first-order chi connectivity index (χ1) is 15.7. The number of likely N-dealkylation sites (tertiary alicyclic amines) is 1. The van der Waals surface area contributed by atoms with E-state index in [1.807, 2.05) is 0 Å². The van der Waals surface area contributed by atoms with Gasteiger partial charge in [0.2, 0.25) is 0 Å². The standard InChI is InChI=1S/C25H28F4N2OS/c26-20-8-9-23-22(15-20)24(10-1-2-12-30(13-11-24)16-18-6-7-18)17-31(23)33(32)21-5-3-4-19(14-21)25(27,28)29/h3-5,8-9,14-15,18H,1-2,6-7,10-13,16-17H2. The van der Waals surface area contributed by atoms with E-state index < -0.39 is 22.7 Å². The average molecular weight is 481 g/mol. The highest BCUT2D eigenvalue weighted by Crippen LogP contribution is 2.48. The zero-order valence-electron chi connectivity index (χ0n) is 18.4. The molecule has 2 aromatic carbocycles. The van der Waals surface area contributed by atoms with Crippen molar-refractivity contribution in [2.75, 3.05) is 30.5 Å². The fraction of sp³-hybridized carbons (Fsp3) is 0.520. The van der Waals surface area contributed by atoms with Gasteiger partial charge in [0, 0.05) is 18.5 Å². The molecule has 3 aliphatic rings. The molecule has 2 atom stereocenters. The van der Waals surface area contributed by atoms with Crippen molar-refractivity contribution in [3.63, 3.8) is 0 Å². The van der Waals surface area contributed by atoms with Crippen molar-refractivity contribution < 1.29 is 21.8 Å². The van der Waals surface area contributed by atoms with Crippen LogP contribution in [-0.2, 0) is 22.6 Å². The molecule has 0 radical (unpaired) electrons. The van der Waals surface area contributed by atoms with Crippen LogP contribution in [0.1, 0.15) is 49.7 Å². The largest absolute Gasteiger partial charge is 0.416 e. The molecule has 0 amide bonds. The zero-order valence-corrected chi connectivity index (χ0v) is 19.2. The smallest absolute Gasteiger partial charge is 0.303 e. The highest BCUT2D eigenvalue weighted by atomic mass is 32.2. The minimum atomic E-state index is -4.50. The van der Waals surface area contributed by atoms with Crippen LogP contribution in [0.3, 0.4) is 0 Å². The van der Waals surface area contributed by atoms with Crippen molar-refractivity contribution in [3.05, 3.63) is 59.4 Å². The highest BCUT2D eigenvalue weighted by Gasteiger charge is 2.45. The van der Waals surface area contributed by atoms with Gasteiger partial charge >= 0.3 is 6.18 Å². The maximum absolute atomic E-state index is 14.3. The highest BCUT2D eigenvalue weighted by molar-refractivity contribution is 7.86. The number of fused-ring (bicyclic) bond motifs is 2. The minimum absolute atomic E-state index is 0.110. The lowest BCUT2D eigenvalue weighted by molar-refractivity contribution is -0.137. The van der Waals surface area contributed by atoms with E-state index in [1.165, 1.54) is 31.0 Å². The van der Waals surface area contributed by atoms with Crippen LogP contribution in [0, 0.1) is 11.7 Å². The molecule has 2 aromatic rings. The van der Waals surface area contributed by atoms with Gasteiger partial charge in [0.1, 0.15) is 5.82 Å². The van der Waals surface area contributed by atoms with Gasteiger partial charge in [-0.2, -0.15) is 13.2 Å². The topological polar surface area (TPSA) is 23.6 Å². The Morgan fingerprint density at radius 2 is 1.85 bits per heavy atom. The maximum atomic E-state index is 14.3. The molecule has 8 heteroatoms. The monoisotopic (exact) mass is 480 g/mol. The second-order valence-electron chi connectivity index (χ2n) is 9.70. The Hall–Kier alpha value is -1.93. The zero-order chi connectivity index (χ0) is 23.2. The van der Waals surface area contributed by atoms with Crippen molar-refractivity contribution in [2.24, 2.45) is 5.92 Å². The van der Waals surface area contributed by atoms with E-state index in [-0.39, 0.29) is 16.1 Å². The number of hydrogen-bond acceptors (Lipinski definition) is 2. The maximum Gasteiger partial charge on any atom is 0.416 e. The van der Waals surface area contributed by atoms with Crippen molar-refractivity contribution >= 4 is 16.7 Å². The Labute approximate surface area is 194 Å². The molecule has 0 bridgehead atoms. The third kappa shape index (κ3) is 4.69. The molecule has 5 rings (SSSR count). The van der Waals surface area contributed by atoms with Crippen LogP contribution < -0.4 is 4.31 Å². The van der Waals surface area contributed by atoms with E-state index in [9.17, 15) is 21.8 Å². The van der Waals surface area contributed by atoms with E-state index in [1.54, 1.807) is 16.4 Å². The van der Waals surface area contributed by atoms with Crippen molar-refractivity contribution in [2.45, 2.75) is 55.0 Å². The van der Waals surface area contributed by atoms with E-state index in [0.29, 0.717) is 12.2 Å². The van der Waals surface area contributed by atoms with Gasteiger partial charge in [-0.25, -0.2) is 8.60 Å². The molecule has 1 saturated heterocycles. The molecule has 1 spiro atoms. The molecule has 178 valence electrons. The number of nitrogens with zero attached hydrogens (tertiary/aromatic N) is 2. The van der Waals surface area contributed by atoms with Crippen molar-refractivity contribution in [1.29, 1.82) is 0 Å². The average Bonchev–Trinajstić information content (AvgIpc) is 3.54. The van der Waals surface area contributed by atoms with Crippen LogP contribution in [0.5, 0.6) is 0 Å². The van der Waals surface area contributed by atoms with Gasteiger partial charge in [-0.15, -0.1) is 0 Å². The number of halogens is 4. The van der Waals surface area contributed by atoms with Crippen LogP contribution in [0.2, 0.25) is 0 Å². The summed E-state index contributed by atoms with van der Waals surface area (Å²) in [6.45, 7) is 3.50. The molecule has 1 aliphatic carbocycles. The summed E-state index contributed by atoms with van der Waals surface area (Å²) in [4.78, 5) is 2.61. The summed E-state index contributed by atoms with van der Waals surface area (Å²) in [7, 11) is -1.82. The Balaban J connectivity index is 1.46. The first kappa shape index (κ1) is 22.8. The van der Waals surface area contributed by atoms with Crippen LogP contribution >= 0.6 is 0 Å². The molecule has 0 N–H and O–H groups in total. The number of benzene rings is 2. The number of hydrogen-bond donors (Lipinski definition) is 0. The van der Waals surface area contributed by atoms with Gasteiger partial charge in [-0.1, -0.05) is 12.5 Å². The molecule has 2 aliphatic heterocycles. The fourth-order valence-corrected chi connectivity index (χ4v) is 6.71. The molecule has 3 nitrogen and oxygen atoms in total. The van der Waals surface area contributed by atoms with Gasteiger partial charge in [-0.05, 0) is 93.1 Å². The fourth-order valence-electron chi connectivity index (χ4n) is 5.34. The molecule has 2 fully saturated rings. The van der Waals surface area contributed by atoms with Crippen LogP contribution in [0.25, 0.3) is 0 Å². The summed E-state index contributed by atoms with van der Waals surface area (Å²) in [6.07, 6.45) is 1.82. The Morgan fingerprint density at radius 1 is 1.03 bits per heavy atom. The van der Waals surface area contributed by atoms with Gasteiger partial charge in [0.25, 0.3) is 0 Å². The lowest BCUT2D eigenvalue weighted by Gasteiger charge is -2.36. The predicted octanol–water partition coefficient (Wildman–Crippen LogP) is 5.91. The van der Waals surface area contributed by atoms with Crippen molar-refractivity contribution in [1.82, 2.24) is 4.90 Å². The molecular formula is C25H28F4N2OS. The third-order valence-corrected chi connectivity index (χ3v) is 8.69. The van der Waals surface area contributed by atoms with Crippen molar-refractivity contribution in [3.8, 4) is 0 Å². The molecule has 0 aromatic heterocycles. The Bertz CT molecular complexity index is 1050. The molecule has 2 unspecified atom stereocenters. The lowest BCUT2D eigenvalue weighted by Crippen LogP contribution is -2.40. The minimum Gasteiger partial charge on any atom is -0.303 e. The first-order valence-corrected chi connectivity index (χ1v) is 12.7. The lowest BCUT2D eigenvalue weighted by atomic mass is 9.74. The number of alkyl halides is 3. The summed E-state index contributed by atoms with van der Waals surface area (Å²) in [6, 6.07) is 9.22. The van der Waals surface area contributed by atoms with E-state index in [0.717, 1.165) is 68.9 Å². The van der Waals surface area contributed by atoms with E-state index >= 15 is 0 Å². The van der Waals surface area contributed by atoms with Crippen LogP contribution in [-0.4, -0.2) is 35.3 Å². The van der Waals surface area contributed by atoms with Crippen LogP contribution in [0.4, 0.5) is 23.2 Å². The second-order valence-corrected chi connectivity index (χ2v) is 11.1. The van der Waals surface area contributed by atoms with E-state index in [2.05, 4.69) is 4.90 Å². The quantitative estimate of drug-likeness (QED) is 0.508. The van der Waals surface area contributed by atoms with Gasteiger partial charge in [0.15, 0.2) is 11.0 Å². The predicted molar refractivity (Wildman–Crippen MR) is 121 cm³/mol. The summed E-state index contributed by atoms with van der Waals surface area (Å²) in [5, 5.41) is 0. The van der Waals surface area contributed by atoms with Gasteiger partial charge in [0.05, 0.1) is 16.1 Å². The molecule has 2 heterocycles. The van der Waals surface area contributed by atoms with Gasteiger partial charge < -0.3 is 4.90 Å². The second kappa shape index (κ2) is 8.69. The Morgan fingerprint density at radius 3 is 2.61 bits per heavy atom. The SMILES string of the molecule is O=S(c1cccc(C(F)(F)F)c1)N1CC2(CCCCN(CC3CC3)CC2)c2cc(F)ccc21. The molecule has 33 heavy (non-hydrogen) atoms. The Kier molecular flexibility index (Phi) is 6.02. The third-order valence-electron chi connectivity index (χ3n) is 7.31. The summed E-state index contributed by atoms with van der Waals surface area (Å²) >= 11 is 0. The number of rotatable bonds is 4. The summed E-state index contributed by atoms with van der Waals surface area (Å²) in [5.74, 6) is 0.454. The number of anilines is 1.